The highest BCUT2D eigenvalue weighted by Crippen LogP contribution is 2.44. The summed E-state index contributed by atoms with van der Waals surface area (Å²) in [6.45, 7) is 1.33. The number of anilines is 2. The number of nitrogens with zero attached hydrogens (tertiary/aromatic N) is 5. The van der Waals surface area contributed by atoms with Crippen LogP contribution in [0.5, 0.6) is 0 Å². The molecule has 0 amide bonds. The lowest BCUT2D eigenvalue weighted by Gasteiger charge is -2.39. The van der Waals surface area contributed by atoms with Gasteiger partial charge in [-0.25, -0.2) is 9.97 Å². The average Bonchev–Trinajstić information content (AvgIpc) is 3.29. The summed E-state index contributed by atoms with van der Waals surface area (Å²) in [6, 6.07) is 20.5. The number of non-ortho nitro benzene ring substituents is 1. The predicted octanol–water partition coefficient (Wildman–Crippen LogP) is 4.81. The van der Waals surface area contributed by atoms with Gasteiger partial charge in [-0.05, 0) is 29.8 Å². The highest BCUT2D eigenvalue weighted by atomic mass is 35.5. The topological polar surface area (TPSA) is 89.1 Å². The first-order valence-corrected chi connectivity index (χ1v) is 10.5. The van der Waals surface area contributed by atoms with Gasteiger partial charge in [0.05, 0.1) is 11.0 Å². The van der Waals surface area contributed by atoms with E-state index in [-0.39, 0.29) is 11.7 Å². The molecule has 4 aromatic rings. The molecule has 0 spiro atoms. The van der Waals surface area contributed by atoms with Crippen LogP contribution >= 0.6 is 11.6 Å². The number of hydrogen-bond acceptors (Lipinski definition) is 6. The summed E-state index contributed by atoms with van der Waals surface area (Å²) < 4.78 is 2.01. The van der Waals surface area contributed by atoms with Crippen LogP contribution in [0.1, 0.15) is 17.3 Å². The third kappa shape index (κ3) is 3.59. The summed E-state index contributed by atoms with van der Waals surface area (Å²) in [4.78, 5) is 21.5. The van der Waals surface area contributed by atoms with E-state index < -0.39 is 4.92 Å². The first-order chi connectivity index (χ1) is 15.6. The van der Waals surface area contributed by atoms with Gasteiger partial charge in [-0.3, -0.25) is 10.1 Å². The summed E-state index contributed by atoms with van der Waals surface area (Å²) >= 11 is 6.47. The molecule has 2 aromatic heterocycles. The number of hydrogen-bond donors (Lipinski definition) is 1. The number of benzene rings is 2. The SMILES string of the molecule is O=[N+]([O-])c1ccc(N2c3ncnc(Cl)c3-n3cccc3C2CNCc2ccccc2)cc1. The van der Waals surface area contributed by atoms with Crippen molar-refractivity contribution in [3.63, 3.8) is 0 Å². The van der Waals surface area contributed by atoms with Crippen LogP contribution in [0.25, 0.3) is 5.69 Å². The van der Waals surface area contributed by atoms with E-state index in [1.54, 1.807) is 12.1 Å². The van der Waals surface area contributed by atoms with E-state index in [1.807, 2.05) is 41.1 Å². The van der Waals surface area contributed by atoms with E-state index in [0.29, 0.717) is 29.7 Å². The molecule has 32 heavy (non-hydrogen) atoms. The maximum atomic E-state index is 11.1. The summed E-state index contributed by atoms with van der Waals surface area (Å²) in [5.41, 5.74) is 3.71. The van der Waals surface area contributed by atoms with Gasteiger partial charge >= 0.3 is 0 Å². The molecule has 0 radical (unpaired) electrons. The smallest absolute Gasteiger partial charge is 0.269 e. The molecule has 0 bridgehead atoms. The zero-order valence-electron chi connectivity index (χ0n) is 16.9. The average molecular weight is 447 g/mol. The van der Waals surface area contributed by atoms with Crippen molar-refractivity contribution in [1.82, 2.24) is 19.9 Å². The quantitative estimate of drug-likeness (QED) is 0.259. The van der Waals surface area contributed by atoms with Crippen LogP contribution in [-0.4, -0.2) is 26.0 Å². The molecule has 0 aliphatic carbocycles. The Bertz CT molecular complexity index is 1260. The Kier molecular flexibility index (Phi) is 5.30. The van der Waals surface area contributed by atoms with Crippen LogP contribution in [0.3, 0.4) is 0 Å². The molecule has 0 saturated carbocycles. The number of rotatable bonds is 6. The van der Waals surface area contributed by atoms with Crippen molar-refractivity contribution in [3.05, 3.63) is 106 Å². The van der Waals surface area contributed by atoms with Crippen molar-refractivity contribution >= 4 is 28.8 Å². The number of nitro groups is 1. The fraction of sp³-hybridized carbons (Fsp3) is 0.130. The number of aromatic nitrogens is 3. The fourth-order valence-corrected chi connectivity index (χ4v) is 4.28. The van der Waals surface area contributed by atoms with Crippen LogP contribution < -0.4 is 10.2 Å². The second kappa shape index (κ2) is 8.41. The van der Waals surface area contributed by atoms with E-state index in [4.69, 9.17) is 11.6 Å². The lowest BCUT2D eigenvalue weighted by Crippen LogP contribution is -2.38. The first kappa shape index (κ1) is 20.2. The molecular formula is C23H19ClN6O2. The van der Waals surface area contributed by atoms with Gasteiger partial charge in [0.1, 0.15) is 12.0 Å². The fourth-order valence-electron chi connectivity index (χ4n) is 4.06. The van der Waals surface area contributed by atoms with Crippen molar-refractivity contribution in [3.8, 4) is 5.69 Å². The molecular weight excluding hydrogens is 428 g/mol. The third-order valence-electron chi connectivity index (χ3n) is 5.51. The van der Waals surface area contributed by atoms with Crippen LogP contribution in [0, 0.1) is 10.1 Å². The van der Waals surface area contributed by atoms with E-state index in [2.05, 4.69) is 32.3 Å². The lowest BCUT2D eigenvalue weighted by atomic mass is 10.1. The molecule has 8 nitrogen and oxygen atoms in total. The summed E-state index contributed by atoms with van der Waals surface area (Å²) in [6.07, 6.45) is 3.38. The number of nitrogens with one attached hydrogen (secondary N) is 1. The lowest BCUT2D eigenvalue weighted by molar-refractivity contribution is -0.384. The van der Waals surface area contributed by atoms with Gasteiger partial charge in [0.2, 0.25) is 0 Å². The highest BCUT2D eigenvalue weighted by molar-refractivity contribution is 6.31. The van der Waals surface area contributed by atoms with Crippen LogP contribution in [0.4, 0.5) is 17.2 Å². The molecule has 5 rings (SSSR count). The Morgan fingerprint density at radius 2 is 1.81 bits per heavy atom. The molecule has 0 saturated heterocycles. The van der Waals surface area contributed by atoms with E-state index >= 15 is 0 Å². The van der Waals surface area contributed by atoms with Crippen molar-refractivity contribution in [1.29, 1.82) is 0 Å². The summed E-state index contributed by atoms with van der Waals surface area (Å²) in [5, 5.41) is 15.0. The second-order valence-corrected chi connectivity index (χ2v) is 7.77. The van der Waals surface area contributed by atoms with Gasteiger partial charge in [0.15, 0.2) is 11.0 Å². The van der Waals surface area contributed by atoms with Gasteiger partial charge < -0.3 is 14.8 Å². The van der Waals surface area contributed by atoms with Crippen LogP contribution in [-0.2, 0) is 6.54 Å². The Morgan fingerprint density at radius 3 is 2.56 bits per heavy atom. The first-order valence-electron chi connectivity index (χ1n) is 10.1. The normalized spacial score (nSPS) is 14.7. The number of nitro benzene ring substituents is 1. The Hall–Kier alpha value is -3.75. The molecule has 1 aliphatic rings. The molecule has 1 aliphatic heterocycles. The van der Waals surface area contributed by atoms with Gasteiger partial charge in [0.25, 0.3) is 5.69 Å². The molecule has 2 aromatic carbocycles. The number of fused-ring (bicyclic) bond motifs is 3. The van der Waals surface area contributed by atoms with Crippen molar-refractivity contribution in [2.45, 2.75) is 12.6 Å². The zero-order chi connectivity index (χ0) is 22.1. The molecule has 9 heteroatoms. The van der Waals surface area contributed by atoms with E-state index in [0.717, 1.165) is 11.4 Å². The summed E-state index contributed by atoms with van der Waals surface area (Å²) in [5.74, 6) is 0.647. The molecule has 160 valence electrons. The monoisotopic (exact) mass is 446 g/mol. The third-order valence-corrected chi connectivity index (χ3v) is 5.79. The molecule has 1 N–H and O–H groups in total. The van der Waals surface area contributed by atoms with Crippen molar-refractivity contribution < 1.29 is 4.92 Å². The minimum atomic E-state index is -0.406. The molecule has 1 atom stereocenters. The van der Waals surface area contributed by atoms with Crippen LogP contribution in [0.15, 0.2) is 79.3 Å². The van der Waals surface area contributed by atoms with E-state index in [9.17, 15) is 10.1 Å². The Morgan fingerprint density at radius 1 is 1.03 bits per heavy atom. The maximum Gasteiger partial charge on any atom is 0.269 e. The Balaban J connectivity index is 1.55. The maximum absolute atomic E-state index is 11.1. The minimum absolute atomic E-state index is 0.0360. The van der Waals surface area contributed by atoms with Gasteiger partial charge in [-0.1, -0.05) is 41.9 Å². The molecule has 3 heterocycles. The zero-order valence-corrected chi connectivity index (χ0v) is 17.7. The highest BCUT2D eigenvalue weighted by Gasteiger charge is 2.34. The minimum Gasteiger partial charge on any atom is -0.314 e. The van der Waals surface area contributed by atoms with Gasteiger partial charge in [-0.15, -0.1) is 0 Å². The largest absolute Gasteiger partial charge is 0.314 e. The standard InChI is InChI=1S/C23H19ClN6O2/c24-22-21-23(27-15-26-22)29(17-8-10-18(11-9-17)30(31)32)20(19-7-4-12-28(19)21)14-25-13-16-5-2-1-3-6-16/h1-12,15,20,25H,13-14H2. The predicted molar refractivity (Wildman–Crippen MR) is 122 cm³/mol. The summed E-state index contributed by atoms with van der Waals surface area (Å²) in [7, 11) is 0. The second-order valence-electron chi connectivity index (χ2n) is 7.42. The van der Waals surface area contributed by atoms with Gasteiger partial charge in [-0.2, -0.15) is 0 Å². The molecule has 0 fully saturated rings. The van der Waals surface area contributed by atoms with Crippen molar-refractivity contribution in [2.24, 2.45) is 0 Å². The van der Waals surface area contributed by atoms with Crippen LogP contribution in [0.2, 0.25) is 5.15 Å². The molecule has 1 unspecified atom stereocenters. The Labute approximate surface area is 189 Å². The van der Waals surface area contributed by atoms with Crippen molar-refractivity contribution in [2.75, 3.05) is 11.4 Å². The van der Waals surface area contributed by atoms with E-state index in [1.165, 1.54) is 24.0 Å². The van der Waals surface area contributed by atoms with Gasteiger partial charge in [0, 0.05) is 42.8 Å². The number of halogens is 1.